The molecular formula is C29H35N3O7S2. The van der Waals surface area contributed by atoms with Crippen LogP contribution in [-0.4, -0.2) is 79.2 Å². The summed E-state index contributed by atoms with van der Waals surface area (Å²) in [6, 6.07) is 14.4. The Morgan fingerprint density at radius 2 is 1.95 bits per heavy atom. The average Bonchev–Trinajstić information content (AvgIpc) is 3.49. The molecule has 3 N–H and O–H groups in total. The van der Waals surface area contributed by atoms with Crippen molar-refractivity contribution in [2.45, 2.75) is 43.2 Å². The molecule has 3 atom stereocenters. The highest BCUT2D eigenvalue weighted by molar-refractivity contribution is 7.94. The molecule has 0 spiro atoms. The summed E-state index contributed by atoms with van der Waals surface area (Å²) in [4.78, 5) is 28.3. The molecule has 1 aliphatic rings. The number of carbonyl (C=O) groups is 2. The first-order valence-electron chi connectivity index (χ1n) is 13.2. The molecule has 2 heterocycles. The van der Waals surface area contributed by atoms with Gasteiger partial charge in [-0.3, -0.25) is 14.4 Å². The number of thiophene rings is 1. The topological polar surface area (TPSA) is 136 Å². The minimum Gasteiger partial charge on any atom is -0.488 e. The van der Waals surface area contributed by atoms with E-state index in [1.165, 1.54) is 6.07 Å². The molecule has 0 radical (unpaired) electrons. The number of rotatable bonds is 10. The second kappa shape index (κ2) is 13.0. The van der Waals surface area contributed by atoms with Gasteiger partial charge in [0.15, 0.2) is 0 Å². The summed E-state index contributed by atoms with van der Waals surface area (Å²) in [5.74, 6) is -0.774. The number of aromatic carboxylic acids is 1. The number of amides is 1. The monoisotopic (exact) mass is 601 g/mol. The molecule has 3 aromatic rings. The number of benzene rings is 2. The van der Waals surface area contributed by atoms with Crippen LogP contribution in [0.2, 0.25) is 0 Å². The first kappa shape index (κ1) is 30.5. The third kappa shape index (κ3) is 7.64. The van der Waals surface area contributed by atoms with Gasteiger partial charge in [0.05, 0.1) is 24.6 Å². The summed E-state index contributed by atoms with van der Waals surface area (Å²) in [6.45, 7) is 5.03. The van der Waals surface area contributed by atoms with Crippen LogP contribution in [0.1, 0.15) is 35.3 Å². The SMILES string of the molecule is C[C@@H]1CN([C@@H](C)CO)C(=O)Cc2cc(NS(=O)(=O)c3cccs3)ccc2O[C@H]1CN(C)Cc1ccc(C(=O)O)cc1. The van der Waals surface area contributed by atoms with Gasteiger partial charge in [-0.1, -0.05) is 25.1 Å². The van der Waals surface area contributed by atoms with Gasteiger partial charge in [0.1, 0.15) is 16.1 Å². The number of carboxylic acid groups (broad SMARTS) is 1. The lowest BCUT2D eigenvalue weighted by Gasteiger charge is -2.34. The van der Waals surface area contributed by atoms with Crippen LogP contribution in [0.3, 0.4) is 0 Å². The molecule has 1 aromatic heterocycles. The van der Waals surface area contributed by atoms with E-state index < -0.39 is 22.0 Å². The number of nitrogens with one attached hydrogen (secondary N) is 1. The van der Waals surface area contributed by atoms with Crippen molar-refractivity contribution in [1.82, 2.24) is 9.80 Å². The Morgan fingerprint density at radius 1 is 1.22 bits per heavy atom. The second-order valence-electron chi connectivity index (χ2n) is 10.4. The maximum atomic E-state index is 13.4. The van der Waals surface area contributed by atoms with E-state index in [0.717, 1.165) is 16.9 Å². The number of hydrogen-bond donors (Lipinski definition) is 3. The van der Waals surface area contributed by atoms with E-state index in [1.807, 2.05) is 14.0 Å². The summed E-state index contributed by atoms with van der Waals surface area (Å²) in [6.07, 6.45) is -0.357. The molecule has 2 aromatic carbocycles. The van der Waals surface area contributed by atoms with Crippen LogP contribution < -0.4 is 9.46 Å². The minimum atomic E-state index is -3.77. The van der Waals surface area contributed by atoms with Crippen molar-refractivity contribution in [2.75, 3.05) is 31.5 Å². The molecule has 0 fully saturated rings. The van der Waals surface area contributed by atoms with Crippen LogP contribution in [0.15, 0.2) is 64.2 Å². The number of hydrogen-bond acceptors (Lipinski definition) is 8. The van der Waals surface area contributed by atoms with E-state index >= 15 is 0 Å². The molecule has 1 amide bonds. The number of sulfonamides is 1. The highest BCUT2D eigenvalue weighted by Gasteiger charge is 2.31. The molecule has 41 heavy (non-hydrogen) atoms. The van der Waals surface area contributed by atoms with Crippen molar-refractivity contribution in [3.05, 3.63) is 76.7 Å². The van der Waals surface area contributed by atoms with Gasteiger partial charge in [-0.2, -0.15) is 0 Å². The molecule has 0 unspecified atom stereocenters. The van der Waals surface area contributed by atoms with Crippen molar-refractivity contribution in [2.24, 2.45) is 5.92 Å². The number of aliphatic hydroxyl groups is 1. The predicted molar refractivity (Wildman–Crippen MR) is 157 cm³/mol. The molecule has 0 aliphatic carbocycles. The smallest absolute Gasteiger partial charge is 0.335 e. The largest absolute Gasteiger partial charge is 0.488 e. The van der Waals surface area contributed by atoms with Crippen LogP contribution in [0.5, 0.6) is 5.75 Å². The quantitative estimate of drug-likeness (QED) is 0.321. The summed E-state index contributed by atoms with van der Waals surface area (Å²) in [5, 5.41) is 20.7. The Morgan fingerprint density at radius 3 is 2.59 bits per heavy atom. The standard InChI is InChI=1S/C29H35N3O7S2/c1-19-15-32(20(2)18-33)27(34)14-23-13-24(30-41(37,38)28-5-4-12-40-28)10-11-25(23)39-26(19)17-31(3)16-21-6-8-22(9-7-21)29(35)36/h4-13,19-20,26,30,33H,14-18H2,1-3H3,(H,35,36)/t19-,20+,26+/m1/s1. The van der Waals surface area contributed by atoms with E-state index in [-0.39, 0.29) is 40.7 Å². The molecular weight excluding hydrogens is 566 g/mol. The van der Waals surface area contributed by atoms with Crippen LogP contribution in [0, 0.1) is 5.92 Å². The molecule has 0 bridgehead atoms. The number of aliphatic hydroxyl groups excluding tert-OH is 1. The number of likely N-dealkylation sites (N-methyl/N-ethyl adjacent to an activating group) is 1. The highest BCUT2D eigenvalue weighted by atomic mass is 32.2. The Bertz CT molecular complexity index is 1460. The Balaban J connectivity index is 1.60. The van der Waals surface area contributed by atoms with Crippen molar-refractivity contribution >= 4 is 38.9 Å². The van der Waals surface area contributed by atoms with E-state index in [9.17, 15) is 23.1 Å². The van der Waals surface area contributed by atoms with Crippen LogP contribution in [0.25, 0.3) is 0 Å². The van der Waals surface area contributed by atoms with Gasteiger partial charge in [-0.05, 0) is 61.3 Å². The highest BCUT2D eigenvalue weighted by Crippen LogP contribution is 2.30. The lowest BCUT2D eigenvalue weighted by atomic mass is 10.0. The zero-order valence-electron chi connectivity index (χ0n) is 23.2. The van der Waals surface area contributed by atoms with E-state index in [4.69, 9.17) is 9.84 Å². The molecule has 220 valence electrons. The zero-order valence-corrected chi connectivity index (χ0v) is 24.8. The summed E-state index contributed by atoms with van der Waals surface area (Å²) in [7, 11) is -1.83. The van der Waals surface area contributed by atoms with Crippen molar-refractivity contribution < 1.29 is 33.0 Å². The number of carboxylic acids is 1. The maximum absolute atomic E-state index is 13.4. The summed E-state index contributed by atoms with van der Waals surface area (Å²) < 4.78 is 34.9. The Hall–Kier alpha value is -3.45. The molecule has 1 aliphatic heterocycles. The van der Waals surface area contributed by atoms with Crippen LogP contribution >= 0.6 is 11.3 Å². The van der Waals surface area contributed by atoms with Gasteiger partial charge >= 0.3 is 5.97 Å². The van der Waals surface area contributed by atoms with E-state index in [2.05, 4.69) is 9.62 Å². The first-order chi connectivity index (χ1) is 19.5. The predicted octanol–water partition coefficient (Wildman–Crippen LogP) is 3.53. The van der Waals surface area contributed by atoms with Crippen LogP contribution in [-0.2, 0) is 27.8 Å². The number of nitrogens with zero attached hydrogens (tertiary/aromatic N) is 2. The third-order valence-corrected chi connectivity index (χ3v) is 9.85. The molecule has 12 heteroatoms. The molecule has 10 nitrogen and oxygen atoms in total. The van der Waals surface area contributed by atoms with Crippen molar-refractivity contribution in [1.29, 1.82) is 0 Å². The summed E-state index contributed by atoms with van der Waals surface area (Å²) in [5.41, 5.74) is 2.03. The van der Waals surface area contributed by atoms with Crippen molar-refractivity contribution in [3.8, 4) is 5.75 Å². The van der Waals surface area contributed by atoms with E-state index in [0.29, 0.717) is 36.6 Å². The first-order valence-corrected chi connectivity index (χ1v) is 15.6. The minimum absolute atomic E-state index is 0.0144. The van der Waals surface area contributed by atoms with Crippen LogP contribution in [0.4, 0.5) is 5.69 Å². The number of carbonyl (C=O) groups excluding carboxylic acids is 1. The molecule has 0 saturated carbocycles. The average molecular weight is 602 g/mol. The fourth-order valence-electron chi connectivity index (χ4n) is 4.77. The van der Waals surface area contributed by atoms with Gasteiger partial charge in [0.2, 0.25) is 5.91 Å². The van der Waals surface area contributed by atoms with Gasteiger partial charge in [0, 0.05) is 36.8 Å². The number of ether oxygens (including phenoxy) is 1. The number of anilines is 1. The second-order valence-corrected chi connectivity index (χ2v) is 13.3. The molecule has 0 saturated heterocycles. The van der Waals surface area contributed by atoms with Gasteiger partial charge in [-0.15, -0.1) is 11.3 Å². The Kier molecular flexibility index (Phi) is 9.69. The fraction of sp³-hybridized carbons (Fsp3) is 0.379. The summed E-state index contributed by atoms with van der Waals surface area (Å²) >= 11 is 1.11. The van der Waals surface area contributed by atoms with Gasteiger partial charge < -0.3 is 19.8 Å². The Labute approximate surface area is 244 Å². The lowest BCUT2D eigenvalue weighted by Crippen LogP contribution is -2.47. The third-order valence-electron chi connectivity index (χ3n) is 7.07. The normalized spacial score (nSPS) is 18.6. The number of fused-ring (bicyclic) bond motifs is 1. The maximum Gasteiger partial charge on any atom is 0.335 e. The van der Waals surface area contributed by atoms with Gasteiger partial charge in [0.25, 0.3) is 10.0 Å². The van der Waals surface area contributed by atoms with Crippen molar-refractivity contribution in [3.63, 3.8) is 0 Å². The zero-order chi connectivity index (χ0) is 29.7. The van der Waals surface area contributed by atoms with E-state index in [1.54, 1.807) is 65.7 Å². The fourth-order valence-corrected chi connectivity index (χ4v) is 6.81. The lowest BCUT2D eigenvalue weighted by molar-refractivity contribution is -0.134. The molecule has 4 rings (SSSR count). The van der Waals surface area contributed by atoms with Gasteiger partial charge in [-0.25, -0.2) is 13.2 Å².